The van der Waals surface area contributed by atoms with Crippen molar-refractivity contribution in [2.45, 2.75) is 26.3 Å². The Morgan fingerprint density at radius 1 is 1.38 bits per heavy atom. The van der Waals surface area contributed by atoms with Crippen LogP contribution in [0.3, 0.4) is 0 Å². The van der Waals surface area contributed by atoms with Gasteiger partial charge in [-0.2, -0.15) is 0 Å². The van der Waals surface area contributed by atoms with Gasteiger partial charge >= 0.3 is 0 Å². The van der Waals surface area contributed by atoms with E-state index >= 15 is 0 Å². The fourth-order valence-electron chi connectivity index (χ4n) is 2.73. The summed E-state index contributed by atoms with van der Waals surface area (Å²) in [5, 5.41) is 13.8. The first-order valence-electron chi connectivity index (χ1n) is 8.86. The van der Waals surface area contributed by atoms with Crippen molar-refractivity contribution in [1.82, 2.24) is 15.2 Å². The van der Waals surface area contributed by atoms with Crippen molar-refractivity contribution in [3.63, 3.8) is 0 Å². The van der Waals surface area contributed by atoms with Crippen LogP contribution in [0.25, 0.3) is 10.9 Å². The summed E-state index contributed by atoms with van der Waals surface area (Å²) in [6.07, 6.45) is 1.53. The van der Waals surface area contributed by atoms with E-state index in [1.54, 1.807) is 7.11 Å². The van der Waals surface area contributed by atoms with Crippen molar-refractivity contribution in [2.75, 3.05) is 33.4 Å². The number of aliphatic hydroxyl groups is 1. The van der Waals surface area contributed by atoms with E-state index in [9.17, 15) is 4.79 Å². The Balaban J connectivity index is 2.23. The van der Waals surface area contributed by atoms with Crippen LogP contribution in [0.15, 0.2) is 29.1 Å². The number of pyridine rings is 1. The number of ether oxygens (including phenoxy) is 1. The molecule has 0 spiro atoms. The van der Waals surface area contributed by atoms with Gasteiger partial charge in [0.05, 0.1) is 13.2 Å². The van der Waals surface area contributed by atoms with Gasteiger partial charge in [-0.1, -0.05) is 13.0 Å². The summed E-state index contributed by atoms with van der Waals surface area (Å²) in [5.41, 5.74) is 2.60. The van der Waals surface area contributed by atoms with Crippen molar-refractivity contribution in [2.24, 2.45) is 0 Å². The first-order chi connectivity index (χ1) is 12.6. The number of benzene rings is 1. The number of hydrogen-bond acceptors (Lipinski definition) is 4. The van der Waals surface area contributed by atoms with E-state index in [1.807, 2.05) is 23.1 Å². The van der Waals surface area contributed by atoms with Gasteiger partial charge in [0, 0.05) is 37.9 Å². The molecule has 3 N–H and O–H groups in total. The normalized spacial score (nSPS) is 10.9. The molecule has 2 aromatic rings. The maximum atomic E-state index is 12.5. The molecule has 1 heterocycles. The molecule has 142 valence electrons. The van der Waals surface area contributed by atoms with E-state index in [0.717, 1.165) is 17.3 Å². The van der Waals surface area contributed by atoms with Crippen LogP contribution in [0.2, 0.25) is 0 Å². The molecule has 0 saturated carbocycles. The van der Waals surface area contributed by atoms with Crippen LogP contribution in [-0.4, -0.2) is 53.5 Å². The van der Waals surface area contributed by atoms with Crippen LogP contribution >= 0.6 is 12.2 Å². The zero-order chi connectivity index (χ0) is 18.9. The van der Waals surface area contributed by atoms with Crippen LogP contribution in [-0.2, 0) is 17.7 Å². The number of aromatic nitrogens is 1. The first kappa shape index (κ1) is 20.4. The van der Waals surface area contributed by atoms with Gasteiger partial charge in [0.2, 0.25) is 0 Å². The topological polar surface area (TPSA) is 77.6 Å². The Morgan fingerprint density at radius 2 is 2.19 bits per heavy atom. The van der Waals surface area contributed by atoms with Gasteiger partial charge in [0.25, 0.3) is 5.56 Å². The molecule has 0 aliphatic carbocycles. The molecule has 6 nitrogen and oxygen atoms in total. The maximum Gasteiger partial charge on any atom is 0.253 e. The minimum atomic E-state index is -0.115. The highest BCUT2D eigenvalue weighted by Crippen LogP contribution is 2.15. The lowest BCUT2D eigenvalue weighted by molar-refractivity contribution is 0.202. The van der Waals surface area contributed by atoms with Gasteiger partial charge in [-0.05, 0) is 54.2 Å². The number of hydrogen-bond donors (Lipinski definition) is 3. The third-order valence-electron chi connectivity index (χ3n) is 4.21. The molecule has 0 fully saturated rings. The molecule has 0 amide bonds. The average Bonchev–Trinajstić information content (AvgIpc) is 2.65. The third-order valence-corrected chi connectivity index (χ3v) is 4.61. The molecule has 26 heavy (non-hydrogen) atoms. The average molecular weight is 378 g/mol. The summed E-state index contributed by atoms with van der Waals surface area (Å²) in [6.45, 7) is 4.28. The monoisotopic (exact) mass is 377 g/mol. The Morgan fingerprint density at radius 3 is 2.88 bits per heavy atom. The molecular weight excluding hydrogens is 350 g/mol. The highest BCUT2D eigenvalue weighted by molar-refractivity contribution is 7.80. The Kier molecular flexibility index (Phi) is 8.03. The molecular formula is C19H27N3O3S. The summed E-state index contributed by atoms with van der Waals surface area (Å²) in [6, 6.07) is 8.00. The number of H-pyrrole nitrogens is 1. The number of aromatic amines is 1. The second-order valence-electron chi connectivity index (χ2n) is 6.12. The Labute approximate surface area is 159 Å². The largest absolute Gasteiger partial charge is 0.396 e. The van der Waals surface area contributed by atoms with E-state index in [-0.39, 0.29) is 12.2 Å². The molecule has 0 bridgehead atoms. The van der Waals surface area contributed by atoms with Gasteiger partial charge in [-0.15, -0.1) is 0 Å². The highest BCUT2D eigenvalue weighted by Gasteiger charge is 2.13. The van der Waals surface area contributed by atoms with E-state index in [1.165, 1.54) is 5.56 Å². The van der Waals surface area contributed by atoms with E-state index in [2.05, 4.69) is 23.3 Å². The minimum Gasteiger partial charge on any atom is -0.396 e. The SMILES string of the molecule is CCc1ccc2[nH]c(=O)c(CN(CCCO)C(=S)NCCOC)cc2c1. The molecule has 1 aromatic carbocycles. The number of methoxy groups -OCH3 is 1. The summed E-state index contributed by atoms with van der Waals surface area (Å²) < 4.78 is 5.02. The lowest BCUT2D eigenvalue weighted by atomic mass is 10.1. The van der Waals surface area contributed by atoms with Crippen LogP contribution < -0.4 is 10.9 Å². The summed E-state index contributed by atoms with van der Waals surface area (Å²) in [4.78, 5) is 17.3. The molecule has 1 aromatic heterocycles. The van der Waals surface area contributed by atoms with Gasteiger partial charge < -0.3 is 25.0 Å². The van der Waals surface area contributed by atoms with Crippen LogP contribution in [0, 0.1) is 0 Å². The number of aryl methyl sites for hydroxylation is 1. The maximum absolute atomic E-state index is 12.5. The van der Waals surface area contributed by atoms with Crippen molar-refractivity contribution in [1.29, 1.82) is 0 Å². The van der Waals surface area contributed by atoms with Crippen molar-refractivity contribution >= 4 is 28.2 Å². The van der Waals surface area contributed by atoms with Gasteiger partial charge in [0.1, 0.15) is 0 Å². The number of aliphatic hydroxyl groups excluding tert-OH is 1. The lowest BCUT2D eigenvalue weighted by Crippen LogP contribution is -2.42. The summed E-state index contributed by atoms with van der Waals surface area (Å²) >= 11 is 5.45. The molecule has 0 saturated heterocycles. The molecule has 7 heteroatoms. The fourth-order valence-corrected chi connectivity index (χ4v) is 2.99. The van der Waals surface area contributed by atoms with E-state index < -0.39 is 0 Å². The van der Waals surface area contributed by atoms with Crippen molar-refractivity contribution < 1.29 is 9.84 Å². The predicted octanol–water partition coefficient (Wildman–Crippen LogP) is 1.80. The van der Waals surface area contributed by atoms with E-state index in [0.29, 0.717) is 43.3 Å². The third kappa shape index (κ3) is 5.52. The van der Waals surface area contributed by atoms with Gasteiger partial charge in [-0.3, -0.25) is 4.79 Å². The first-order valence-corrected chi connectivity index (χ1v) is 9.27. The molecule has 0 aliphatic heterocycles. The lowest BCUT2D eigenvalue weighted by Gasteiger charge is -2.25. The van der Waals surface area contributed by atoms with Crippen LogP contribution in [0.5, 0.6) is 0 Å². The van der Waals surface area contributed by atoms with Crippen LogP contribution in [0.4, 0.5) is 0 Å². The zero-order valence-electron chi connectivity index (χ0n) is 15.4. The number of rotatable bonds is 9. The smallest absolute Gasteiger partial charge is 0.253 e. The zero-order valence-corrected chi connectivity index (χ0v) is 16.2. The second kappa shape index (κ2) is 10.3. The quantitative estimate of drug-likeness (QED) is 0.457. The van der Waals surface area contributed by atoms with Gasteiger partial charge in [-0.25, -0.2) is 0 Å². The van der Waals surface area contributed by atoms with Crippen molar-refractivity contribution in [3.8, 4) is 0 Å². The van der Waals surface area contributed by atoms with Crippen LogP contribution in [0.1, 0.15) is 24.5 Å². The van der Waals surface area contributed by atoms with Crippen molar-refractivity contribution in [3.05, 3.63) is 45.7 Å². The summed E-state index contributed by atoms with van der Waals surface area (Å²) in [5.74, 6) is 0. The number of fused-ring (bicyclic) bond motifs is 1. The molecule has 0 atom stereocenters. The molecule has 0 aliphatic rings. The number of nitrogens with one attached hydrogen (secondary N) is 2. The fraction of sp³-hybridized carbons (Fsp3) is 0.474. The molecule has 0 radical (unpaired) electrons. The Bertz CT molecular complexity index is 791. The predicted molar refractivity (Wildman–Crippen MR) is 109 cm³/mol. The molecule has 0 unspecified atom stereocenters. The second-order valence-corrected chi connectivity index (χ2v) is 6.51. The molecule has 2 rings (SSSR count). The van der Waals surface area contributed by atoms with E-state index in [4.69, 9.17) is 22.1 Å². The minimum absolute atomic E-state index is 0.0745. The number of thiocarbonyl (C=S) groups is 1. The van der Waals surface area contributed by atoms with Gasteiger partial charge in [0.15, 0.2) is 5.11 Å². The number of nitrogens with zero attached hydrogens (tertiary/aromatic N) is 1. The summed E-state index contributed by atoms with van der Waals surface area (Å²) in [7, 11) is 1.63. The Hall–Kier alpha value is -1.96. The standard InChI is InChI=1S/C19H27N3O3S/c1-3-14-5-6-17-15(11-14)12-16(18(24)21-17)13-22(8-4-9-23)19(26)20-7-10-25-2/h5-6,11-12,23H,3-4,7-10,13H2,1-2H3,(H,20,26)(H,21,24). The highest BCUT2D eigenvalue weighted by atomic mass is 32.1.